The van der Waals surface area contributed by atoms with Crippen molar-refractivity contribution in [2.45, 2.75) is 6.10 Å². The molecule has 1 aromatic heterocycles. The molecule has 1 saturated heterocycles. The van der Waals surface area contributed by atoms with Crippen molar-refractivity contribution in [1.82, 2.24) is 14.8 Å². The Hall–Kier alpha value is -1.24. The summed E-state index contributed by atoms with van der Waals surface area (Å²) in [4.78, 5) is 10.2. The molecule has 1 aliphatic rings. The summed E-state index contributed by atoms with van der Waals surface area (Å²) >= 11 is 0. The van der Waals surface area contributed by atoms with Gasteiger partial charge in [-0.15, -0.1) is 0 Å². The third kappa shape index (κ3) is 4.13. The van der Waals surface area contributed by atoms with E-state index in [0.29, 0.717) is 13.1 Å². The number of nitrogens with zero attached hydrogens (tertiary/aromatic N) is 4. The van der Waals surface area contributed by atoms with Crippen LogP contribution in [0.4, 0.5) is 10.2 Å². The Morgan fingerprint density at radius 1 is 1.40 bits per heavy atom. The molecule has 1 atom stereocenters. The Morgan fingerprint density at radius 3 is 2.75 bits per heavy atom. The maximum absolute atomic E-state index is 13.6. The third-order valence-corrected chi connectivity index (χ3v) is 3.65. The van der Waals surface area contributed by atoms with Gasteiger partial charge >= 0.3 is 0 Å². The monoisotopic (exact) mass is 282 g/mol. The third-order valence-electron chi connectivity index (χ3n) is 3.65. The van der Waals surface area contributed by atoms with Crippen molar-refractivity contribution in [2.75, 3.05) is 58.3 Å². The summed E-state index contributed by atoms with van der Waals surface area (Å²) in [6, 6.07) is 2.94. The van der Waals surface area contributed by atoms with Gasteiger partial charge in [-0.05, 0) is 19.2 Å². The standard InChI is InChI=1S/C14H23FN4O/c1-17-6-8-19(9-7-17)11-12(20)10-18(2)14-13(15)4-3-5-16-14/h3-5,12,20H,6-11H2,1-2H3. The average molecular weight is 282 g/mol. The normalized spacial score (nSPS) is 19.0. The van der Waals surface area contributed by atoms with E-state index < -0.39 is 6.10 Å². The smallest absolute Gasteiger partial charge is 0.165 e. The summed E-state index contributed by atoms with van der Waals surface area (Å²) in [7, 11) is 3.85. The number of rotatable bonds is 5. The Balaban J connectivity index is 1.82. The highest BCUT2D eigenvalue weighted by molar-refractivity contribution is 5.38. The zero-order chi connectivity index (χ0) is 14.5. The van der Waals surface area contributed by atoms with Crippen LogP contribution in [0.3, 0.4) is 0 Å². The van der Waals surface area contributed by atoms with Gasteiger partial charge in [0.25, 0.3) is 0 Å². The zero-order valence-electron chi connectivity index (χ0n) is 12.2. The van der Waals surface area contributed by atoms with Gasteiger partial charge in [0, 0.05) is 52.5 Å². The van der Waals surface area contributed by atoms with E-state index in [1.54, 1.807) is 24.2 Å². The number of anilines is 1. The van der Waals surface area contributed by atoms with Gasteiger partial charge in [-0.3, -0.25) is 4.90 Å². The molecule has 0 spiro atoms. The van der Waals surface area contributed by atoms with E-state index in [0.717, 1.165) is 26.2 Å². The lowest BCUT2D eigenvalue weighted by Gasteiger charge is -2.34. The number of halogens is 1. The van der Waals surface area contributed by atoms with Crippen molar-refractivity contribution in [3.63, 3.8) is 0 Å². The van der Waals surface area contributed by atoms with Crippen LogP contribution in [0.2, 0.25) is 0 Å². The molecule has 0 radical (unpaired) electrons. The summed E-state index contributed by atoms with van der Waals surface area (Å²) in [5.74, 6) is -0.0771. The Morgan fingerprint density at radius 2 is 2.10 bits per heavy atom. The predicted molar refractivity (Wildman–Crippen MR) is 77.4 cm³/mol. The van der Waals surface area contributed by atoms with Crippen LogP contribution in [-0.2, 0) is 0 Å². The molecule has 1 fully saturated rings. The summed E-state index contributed by atoms with van der Waals surface area (Å²) in [5, 5.41) is 10.1. The zero-order valence-corrected chi connectivity index (χ0v) is 12.2. The number of piperazine rings is 1. The number of hydrogen-bond donors (Lipinski definition) is 1. The van der Waals surface area contributed by atoms with Gasteiger partial charge in [0.05, 0.1) is 6.10 Å². The second-order valence-electron chi connectivity index (χ2n) is 5.45. The van der Waals surface area contributed by atoms with Gasteiger partial charge in [-0.25, -0.2) is 9.37 Å². The van der Waals surface area contributed by atoms with E-state index in [2.05, 4.69) is 21.8 Å². The van der Waals surface area contributed by atoms with E-state index in [9.17, 15) is 9.50 Å². The Bertz CT molecular complexity index is 423. The van der Waals surface area contributed by atoms with Crippen molar-refractivity contribution in [3.05, 3.63) is 24.1 Å². The van der Waals surface area contributed by atoms with Crippen LogP contribution < -0.4 is 4.90 Å². The summed E-state index contributed by atoms with van der Waals surface area (Å²) in [5.41, 5.74) is 0. The number of likely N-dealkylation sites (N-methyl/N-ethyl adjacent to an activating group) is 2. The van der Waals surface area contributed by atoms with Crippen LogP contribution in [0.15, 0.2) is 18.3 Å². The molecule has 1 N–H and O–H groups in total. The average Bonchev–Trinajstić information content (AvgIpc) is 2.41. The first kappa shape index (κ1) is 15.2. The molecule has 6 heteroatoms. The quantitative estimate of drug-likeness (QED) is 0.839. The molecule has 1 aromatic rings. The second-order valence-corrected chi connectivity index (χ2v) is 5.45. The van der Waals surface area contributed by atoms with E-state index in [1.165, 1.54) is 6.07 Å². The highest BCUT2D eigenvalue weighted by Gasteiger charge is 2.19. The second kappa shape index (κ2) is 6.97. The minimum atomic E-state index is -0.509. The fraction of sp³-hybridized carbons (Fsp3) is 0.643. The minimum Gasteiger partial charge on any atom is -0.390 e. The first-order chi connectivity index (χ1) is 9.56. The lowest BCUT2D eigenvalue weighted by Crippen LogP contribution is -2.48. The number of aromatic nitrogens is 1. The van der Waals surface area contributed by atoms with Crippen LogP contribution in [0, 0.1) is 5.82 Å². The van der Waals surface area contributed by atoms with Crippen LogP contribution in [0.1, 0.15) is 0 Å². The molecule has 0 bridgehead atoms. The van der Waals surface area contributed by atoms with Gasteiger partial charge in [0.2, 0.25) is 0 Å². The van der Waals surface area contributed by atoms with Gasteiger partial charge in [0.1, 0.15) is 0 Å². The van der Waals surface area contributed by atoms with Crippen molar-refractivity contribution in [3.8, 4) is 0 Å². The number of aliphatic hydroxyl groups excluding tert-OH is 1. The number of aliphatic hydroxyl groups is 1. The highest BCUT2D eigenvalue weighted by Crippen LogP contribution is 2.13. The van der Waals surface area contributed by atoms with Crippen molar-refractivity contribution < 1.29 is 9.50 Å². The van der Waals surface area contributed by atoms with Crippen LogP contribution in [0.25, 0.3) is 0 Å². The van der Waals surface area contributed by atoms with Crippen LogP contribution in [0.5, 0.6) is 0 Å². The van der Waals surface area contributed by atoms with E-state index in [1.807, 2.05) is 0 Å². The SMILES string of the molecule is CN1CCN(CC(O)CN(C)c2ncccc2F)CC1. The first-order valence-corrected chi connectivity index (χ1v) is 6.97. The molecule has 112 valence electrons. The summed E-state index contributed by atoms with van der Waals surface area (Å²) in [6.45, 7) is 4.98. The van der Waals surface area contributed by atoms with Crippen molar-refractivity contribution >= 4 is 5.82 Å². The maximum atomic E-state index is 13.6. The predicted octanol–water partition coefficient (Wildman–Crippen LogP) is 0.265. The van der Waals surface area contributed by atoms with Gasteiger partial charge in [0.15, 0.2) is 11.6 Å². The molecule has 2 rings (SSSR count). The lowest BCUT2D eigenvalue weighted by molar-refractivity contribution is 0.0841. The number of β-amino-alcohol motifs (C(OH)–C–C–N with tert-alkyl or cyclic N) is 1. The van der Waals surface area contributed by atoms with Gasteiger partial charge < -0.3 is 14.9 Å². The maximum Gasteiger partial charge on any atom is 0.165 e. The molecule has 0 amide bonds. The summed E-state index contributed by atoms with van der Waals surface area (Å²) < 4.78 is 13.6. The molecule has 1 unspecified atom stereocenters. The van der Waals surface area contributed by atoms with Gasteiger partial charge in [-0.1, -0.05) is 0 Å². The van der Waals surface area contributed by atoms with Crippen molar-refractivity contribution in [2.24, 2.45) is 0 Å². The lowest BCUT2D eigenvalue weighted by atomic mass is 10.2. The molecule has 5 nitrogen and oxygen atoms in total. The fourth-order valence-electron chi connectivity index (χ4n) is 2.45. The topological polar surface area (TPSA) is 42.8 Å². The Labute approximate surface area is 119 Å². The highest BCUT2D eigenvalue weighted by atomic mass is 19.1. The largest absolute Gasteiger partial charge is 0.390 e. The molecule has 20 heavy (non-hydrogen) atoms. The molecular weight excluding hydrogens is 259 g/mol. The van der Waals surface area contributed by atoms with Crippen molar-refractivity contribution in [1.29, 1.82) is 0 Å². The van der Waals surface area contributed by atoms with Crippen LogP contribution >= 0.6 is 0 Å². The number of pyridine rings is 1. The molecule has 1 aliphatic heterocycles. The molecular formula is C14H23FN4O. The van der Waals surface area contributed by atoms with E-state index in [4.69, 9.17) is 0 Å². The molecule has 2 heterocycles. The Kier molecular flexibility index (Phi) is 5.28. The number of hydrogen-bond acceptors (Lipinski definition) is 5. The fourth-order valence-corrected chi connectivity index (χ4v) is 2.45. The molecule has 0 aliphatic carbocycles. The van der Waals surface area contributed by atoms with E-state index >= 15 is 0 Å². The van der Waals surface area contributed by atoms with Crippen LogP contribution in [-0.4, -0.2) is 79.4 Å². The van der Waals surface area contributed by atoms with Gasteiger partial charge in [-0.2, -0.15) is 0 Å². The van der Waals surface area contributed by atoms with E-state index in [-0.39, 0.29) is 11.6 Å². The molecule has 0 aromatic carbocycles. The minimum absolute atomic E-state index is 0.282. The first-order valence-electron chi connectivity index (χ1n) is 6.97. The molecule has 0 saturated carbocycles. The summed E-state index contributed by atoms with van der Waals surface area (Å²) in [6.07, 6.45) is 1.05.